The standard InChI is InChI=1S/C5H8N2O3/c1-2-9-5(8)4-3-6-7-10-4/h3,6-7H,2H2,1H3. The van der Waals surface area contributed by atoms with Crippen LogP contribution in [0.3, 0.4) is 0 Å². The van der Waals surface area contributed by atoms with E-state index in [1.807, 2.05) is 0 Å². The number of carbonyl (C=O) groups is 1. The van der Waals surface area contributed by atoms with Gasteiger partial charge in [0.25, 0.3) is 5.76 Å². The smallest absolute Gasteiger partial charge is 0.377 e. The number of rotatable bonds is 2. The van der Waals surface area contributed by atoms with Crippen LogP contribution in [0.15, 0.2) is 12.0 Å². The third-order valence-corrected chi connectivity index (χ3v) is 0.900. The summed E-state index contributed by atoms with van der Waals surface area (Å²) in [5.41, 5.74) is 4.74. The molecule has 5 nitrogen and oxygen atoms in total. The SMILES string of the molecule is CCOC(=O)C1=CNNO1. The normalized spacial score (nSPS) is 15.1. The second-order valence-corrected chi connectivity index (χ2v) is 1.58. The molecule has 5 heteroatoms. The Morgan fingerprint density at radius 3 is 3.20 bits per heavy atom. The van der Waals surface area contributed by atoms with Gasteiger partial charge in [-0.15, -0.1) is 0 Å². The van der Waals surface area contributed by atoms with E-state index in [1.54, 1.807) is 6.92 Å². The van der Waals surface area contributed by atoms with Gasteiger partial charge < -0.3 is 9.57 Å². The van der Waals surface area contributed by atoms with Crippen molar-refractivity contribution in [3.8, 4) is 0 Å². The fourth-order valence-corrected chi connectivity index (χ4v) is 0.512. The van der Waals surface area contributed by atoms with Gasteiger partial charge in [-0.05, 0) is 6.92 Å². The van der Waals surface area contributed by atoms with E-state index in [0.717, 1.165) is 0 Å². The van der Waals surface area contributed by atoms with E-state index < -0.39 is 5.97 Å². The Hall–Kier alpha value is -1.23. The molecule has 2 N–H and O–H groups in total. The van der Waals surface area contributed by atoms with Crippen molar-refractivity contribution in [2.24, 2.45) is 0 Å². The fraction of sp³-hybridized carbons (Fsp3) is 0.400. The van der Waals surface area contributed by atoms with E-state index in [0.29, 0.717) is 6.61 Å². The molecule has 0 aromatic heterocycles. The van der Waals surface area contributed by atoms with Crippen LogP contribution in [-0.2, 0) is 14.4 Å². The Morgan fingerprint density at radius 1 is 1.90 bits per heavy atom. The highest BCUT2D eigenvalue weighted by Gasteiger charge is 2.15. The first-order valence-corrected chi connectivity index (χ1v) is 2.89. The Balaban J connectivity index is 2.40. The van der Waals surface area contributed by atoms with Gasteiger partial charge in [-0.25, -0.2) is 4.79 Å². The van der Waals surface area contributed by atoms with Crippen LogP contribution in [0.1, 0.15) is 6.92 Å². The average Bonchev–Trinajstić information content (AvgIpc) is 2.38. The predicted molar refractivity (Wildman–Crippen MR) is 32.1 cm³/mol. The molecule has 56 valence electrons. The molecule has 0 aromatic rings. The van der Waals surface area contributed by atoms with E-state index in [2.05, 4.69) is 20.6 Å². The van der Waals surface area contributed by atoms with Crippen molar-refractivity contribution in [3.63, 3.8) is 0 Å². The first-order chi connectivity index (χ1) is 4.84. The van der Waals surface area contributed by atoms with E-state index in [-0.39, 0.29) is 5.76 Å². The van der Waals surface area contributed by atoms with Crippen molar-refractivity contribution in [2.45, 2.75) is 6.92 Å². The quantitative estimate of drug-likeness (QED) is 0.508. The van der Waals surface area contributed by atoms with Crippen LogP contribution in [0.5, 0.6) is 0 Å². The zero-order valence-corrected chi connectivity index (χ0v) is 5.51. The van der Waals surface area contributed by atoms with Gasteiger partial charge in [0, 0.05) is 0 Å². The molecule has 0 aromatic carbocycles. The third kappa shape index (κ3) is 1.38. The zero-order chi connectivity index (χ0) is 7.40. The first-order valence-electron chi connectivity index (χ1n) is 2.89. The lowest BCUT2D eigenvalue weighted by Crippen LogP contribution is -2.19. The summed E-state index contributed by atoms with van der Waals surface area (Å²) in [7, 11) is 0. The van der Waals surface area contributed by atoms with Crippen molar-refractivity contribution in [3.05, 3.63) is 12.0 Å². The highest BCUT2D eigenvalue weighted by Crippen LogP contribution is 1.99. The summed E-state index contributed by atoms with van der Waals surface area (Å²) >= 11 is 0. The lowest BCUT2D eigenvalue weighted by atomic mass is 10.5. The molecular formula is C5H8N2O3. The molecule has 1 rings (SSSR count). The summed E-state index contributed by atoms with van der Waals surface area (Å²) in [6.45, 7) is 2.08. The molecule has 10 heavy (non-hydrogen) atoms. The molecule has 0 bridgehead atoms. The van der Waals surface area contributed by atoms with Gasteiger partial charge in [-0.2, -0.15) is 0 Å². The van der Waals surface area contributed by atoms with Crippen molar-refractivity contribution in [2.75, 3.05) is 6.61 Å². The minimum Gasteiger partial charge on any atom is -0.460 e. The molecule has 0 atom stereocenters. The number of hydrogen-bond donors (Lipinski definition) is 2. The Labute approximate surface area is 57.9 Å². The van der Waals surface area contributed by atoms with Crippen molar-refractivity contribution >= 4 is 5.97 Å². The summed E-state index contributed by atoms with van der Waals surface area (Å²) in [4.78, 5) is 15.3. The van der Waals surface area contributed by atoms with Crippen LogP contribution >= 0.6 is 0 Å². The maximum Gasteiger partial charge on any atom is 0.377 e. The van der Waals surface area contributed by atoms with Gasteiger partial charge in [0.2, 0.25) is 0 Å². The van der Waals surface area contributed by atoms with Gasteiger partial charge >= 0.3 is 5.97 Å². The molecule has 0 aliphatic carbocycles. The predicted octanol–water partition coefficient (Wildman–Crippen LogP) is -0.570. The molecule has 0 amide bonds. The van der Waals surface area contributed by atoms with E-state index >= 15 is 0 Å². The zero-order valence-electron chi connectivity index (χ0n) is 5.51. The molecule has 1 aliphatic heterocycles. The Bertz CT molecular complexity index is 166. The Morgan fingerprint density at radius 2 is 2.70 bits per heavy atom. The number of esters is 1. The van der Waals surface area contributed by atoms with Crippen molar-refractivity contribution in [1.82, 2.24) is 11.0 Å². The number of carbonyl (C=O) groups excluding carboxylic acids is 1. The maximum atomic E-state index is 10.7. The lowest BCUT2D eigenvalue weighted by Gasteiger charge is -1.99. The van der Waals surface area contributed by atoms with E-state index in [1.165, 1.54) is 6.20 Å². The summed E-state index contributed by atoms with van der Waals surface area (Å²) in [5, 5.41) is 0. The molecule has 1 aliphatic rings. The van der Waals surface area contributed by atoms with Gasteiger partial charge in [0.05, 0.1) is 12.8 Å². The first kappa shape index (κ1) is 6.88. The summed E-state index contributed by atoms with van der Waals surface area (Å²) in [6, 6.07) is 0. The number of hydrazine groups is 1. The minimum absolute atomic E-state index is 0.141. The maximum absolute atomic E-state index is 10.7. The highest BCUT2D eigenvalue weighted by atomic mass is 16.7. The Kier molecular flexibility index (Phi) is 2.11. The van der Waals surface area contributed by atoms with Crippen LogP contribution in [-0.4, -0.2) is 12.6 Å². The molecule has 0 spiro atoms. The number of ether oxygens (including phenoxy) is 1. The van der Waals surface area contributed by atoms with Gasteiger partial charge in [-0.3, -0.25) is 5.43 Å². The molecule has 1 heterocycles. The van der Waals surface area contributed by atoms with Gasteiger partial charge in [0.1, 0.15) is 0 Å². The van der Waals surface area contributed by atoms with Gasteiger partial charge in [0.15, 0.2) is 0 Å². The largest absolute Gasteiger partial charge is 0.460 e. The molecule has 0 fully saturated rings. The topological polar surface area (TPSA) is 59.6 Å². The van der Waals surface area contributed by atoms with Crippen molar-refractivity contribution < 1.29 is 14.4 Å². The lowest BCUT2D eigenvalue weighted by molar-refractivity contribution is -0.143. The monoisotopic (exact) mass is 144 g/mol. The highest BCUT2D eigenvalue weighted by molar-refractivity contribution is 5.86. The second kappa shape index (κ2) is 3.07. The molecular weight excluding hydrogens is 136 g/mol. The van der Waals surface area contributed by atoms with Crippen LogP contribution < -0.4 is 11.0 Å². The van der Waals surface area contributed by atoms with E-state index in [9.17, 15) is 4.79 Å². The molecule has 0 unspecified atom stereocenters. The van der Waals surface area contributed by atoms with Crippen LogP contribution in [0.4, 0.5) is 0 Å². The average molecular weight is 144 g/mol. The van der Waals surface area contributed by atoms with Crippen molar-refractivity contribution in [1.29, 1.82) is 0 Å². The third-order valence-electron chi connectivity index (χ3n) is 0.900. The van der Waals surface area contributed by atoms with Crippen LogP contribution in [0, 0.1) is 0 Å². The fourth-order valence-electron chi connectivity index (χ4n) is 0.512. The minimum atomic E-state index is -0.472. The summed E-state index contributed by atoms with van der Waals surface area (Å²) < 4.78 is 4.61. The number of hydrogen-bond acceptors (Lipinski definition) is 5. The molecule has 0 saturated carbocycles. The second-order valence-electron chi connectivity index (χ2n) is 1.58. The molecule has 0 saturated heterocycles. The summed E-state index contributed by atoms with van der Waals surface area (Å²) in [6.07, 6.45) is 1.39. The van der Waals surface area contributed by atoms with Crippen LogP contribution in [0.25, 0.3) is 0 Å². The van der Waals surface area contributed by atoms with E-state index in [4.69, 9.17) is 0 Å². The number of nitrogens with one attached hydrogen (secondary N) is 2. The van der Waals surface area contributed by atoms with Gasteiger partial charge in [-0.1, -0.05) is 5.59 Å². The molecule has 0 radical (unpaired) electrons. The summed E-state index contributed by atoms with van der Waals surface area (Å²) in [5.74, 6) is -0.332. The van der Waals surface area contributed by atoms with Crippen LogP contribution in [0.2, 0.25) is 0 Å².